The molecule has 2 aliphatic heterocycles. The number of carbonyl (C=O) groups excluding carboxylic acids is 1. The van der Waals surface area contributed by atoms with Crippen LogP contribution in [0.3, 0.4) is 0 Å². The highest BCUT2D eigenvalue weighted by molar-refractivity contribution is 6.08. The number of aliphatic hydroxyl groups is 6. The van der Waals surface area contributed by atoms with Crippen molar-refractivity contribution in [1.82, 2.24) is 0 Å². The van der Waals surface area contributed by atoms with Gasteiger partial charge in [0.05, 0.1) is 24.2 Å². The van der Waals surface area contributed by atoms with Gasteiger partial charge in [-0.1, -0.05) is 0 Å². The molecule has 0 aliphatic carbocycles. The highest BCUT2D eigenvalue weighted by atomic mass is 16.7. The molecule has 2 saturated heterocycles. The third-order valence-electron chi connectivity index (χ3n) is 6.56. The fraction of sp³-hybridized carbons (Fsp3) is 0.542. The molecule has 204 valence electrons. The molecule has 0 saturated carbocycles. The second-order valence-electron chi connectivity index (χ2n) is 9.19. The van der Waals surface area contributed by atoms with E-state index in [1.54, 1.807) is 6.92 Å². The first kappa shape index (κ1) is 27.4. The Kier molecular flexibility index (Phi) is 7.90. The average molecular weight is 526 g/mol. The number of aromatic hydroxyl groups is 2. The van der Waals surface area contributed by atoms with Crippen molar-refractivity contribution < 1.29 is 64.6 Å². The molecule has 37 heavy (non-hydrogen) atoms. The Morgan fingerprint density at radius 2 is 1.65 bits per heavy atom. The Bertz CT molecular complexity index is 1150. The SMILES string of the molecule is CC(=O)c1c(C)cc2c(O)ccc(O[C@H]3O[C@H](CO[C@H]4OC[C@H](O)[C@H](O)[C@H]4O)[C@H](O)[C@H](O)[C@H]3O)c2c1O. The Labute approximate surface area is 210 Å². The molecule has 2 aromatic carbocycles. The van der Waals surface area contributed by atoms with E-state index in [0.29, 0.717) is 5.56 Å². The predicted octanol–water partition coefficient (Wildman–Crippen LogP) is -1.60. The van der Waals surface area contributed by atoms with Gasteiger partial charge < -0.3 is 59.8 Å². The molecule has 0 unspecified atom stereocenters. The number of rotatable bonds is 6. The maximum Gasteiger partial charge on any atom is 0.229 e. The van der Waals surface area contributed by atoms with Crippen LogP contribution in [0.4, 0.5) is 0 Å². The molecule has 2 aromatic rings. The van der Waals surface area contributed by atoms with E-state index in [2.05, 4.69) is 0 Å². The fourth-order valence-corrected chi connectivity index (χ4v) is 4.51. The van der Waals surface area contributed by atoms with Crippen LogP contribution in [0.15, 0.2) is 18.2 Å². The van der Waals surface area contributed by atoms with Gasteiger partial charge in [0, 0.05) is 5.39 Å². The van der Waals surface area contributed by atoms with Gasteiger partial charge in [0.2, 0.25) is 6.29 Å². The molecule has 13 nitrogen and oxygen atoms in total. The predicted molar refractivity (Wildman–Crippen MR) is 123 cm³/mol. The van der Waals surface area contributed by atoms with Crippen molar-refractivity contribution in [1.29, 1.82) is 0 Å². The molecule has 2 fully saturated rings. The van der Waals surface area contributed by atoms with Crippen molar-refractivity contribution in [2.75, 3.05) is 13.2 Å². The lowest BCUT2D eigenvalue weighted by Gasteiger charge is -2.41. The lowest BCUT2D eigenvalue weighted by molar-refractivity contribution is -0.307. The number of hydrogen-bond donors (Lipinski definition) is 8. The van der Waals surface area contributed by atoms with Gasteiger partial charge in [0.15, 0.2) is 12.1 Å². The van der Waals surface area contributed by atoms with Crippen LogP contribution in [0.25, 0.3) is 10.8 Å². The lowest BCUT2D eigenvalue weighted by atomic mass is 9.96. The molecule has 0 amide bonds. The van der Waals surface area contributed by atoms with E-state index < -0.39 is 73.4 Å². The quantitative estimate of drug-likeness (QED) is 0.199. The number of Topliss-reactive ketones (excluding diaryl/α,β-unsaturated/α-hetero) is 1. The average Bonchev–Trinajstić information content (AvgIpc) is 2.84. The zero-order valence-electron chi connectivity index (χ0n) is 20.0. The van der Waals surface area contributed by atoms with Crippen molar-refractivity contribution in [2.45, 2.75) is 69.2 Å². The van der Waals surface area contributed by atoms with Gasteiger partial charge in [0.25, 0.3) is 0 Å². The summed E-state index contributed by atoms with van der Waals surface area (Å²) in [6, 6.07) is 4.03. The number of aliphatic hydroxyl groups excluding tert-OH is 6. The van der Waals surface area contributed by atoms with Crippen LogP contribution in [-0.2, 0) is 14.2 Å². The minimum Gasteiger partial charge on any atom is -0.507 e. The van der Waals surface area contributed by atoms with Gasteiger partial charge in [-0.2, -0.15) is 0 Å². The van der Waals surface area contributed by atoms with Crippen molar-refractivity contribution in [3.63, 3.8) is 0 Å². The van der Waals surface area contributed by atoms with Crippen molar-refractivity contribution >= 4 is 16.6 Å². The molecular weight excluding hydrogens is 496 g/mol. The van der Waals surface area contributed by atoms with E-state index in [1.165, 1.54) is 25.1 Å². The van der Waals surface area contributed by atoms with Crippen LogP contribution in [0.2, 0.25) is 0 Å². The lowest BCUT2D eigenvalue weighted by Crippen LogP contribution is -2.61. The largest absolute Gasteiger partial charge is 0.507 e. The van der Waals surface area contributed by atoms with E-state index in [0.717, 1.165) is 0 Å². The van der Waals surface area contributed by atoms with Gasteiger partial charge >= 0.3 is 0 Å². The zero-order chi connectivity index (χ0) is 27.2. The Morgan fingerprint density at radius 1 is 0.973 bits per heavy atom. The molecule has 0 aromatic heterocycles. The number of hydrogen-bond acceptors (Lipinski definition) is 13. The first-order valence-corrected chi connectivity index (χ1v) is 11.5. The second-order valence-corrected chi connectivity index (χ2v) is 9.19. The van der Waals surface area contributed by atoms with Crippen molar-refractivity contribution in [2.24, 2.45) is 0 Å². The fourth-order valence-electron chi connectivity index (χ4n) is 4.51. The van der Waals surface area contributed by atoms with Gasteiger partial charge in [-0.25, -0.2) is 0 Å². The van der Waals surface area contributed by atoms with E-state index in [9.17, 15) is 45.6 Å². The number of ether oxygens (including phenoxy) is 4. The van der Waals surface area contributed by atoms with Gasteiger partial charge in [-0.15, -0.1) is 0 Å². The van der Waals surface area contributed by atoms with Crippen molar-refractivity contribution in [3.05, 3.63) is 29.3 Å². The summed E-state index contributed by atoms with van der Waals surface area (Å²) in [5.41, 5.74) is 0.424. The summed E-state index contributed by atoms with van der Waals surface area (Å²) in [5, 5.41) is 81.9. The Balaban J connectivity index is 1.58. The molecule has 0 radical (unpaired) electrons. The first-order chi connectivity index (χ1) is 17.4. The van der Waals surface area contributed by atoms with Crippen LogP contribution in [0.5, 0.6) is 17.2 Å². The van der Waals surface area contributed by atoms with E-state index in [1.807, 2.05) is 0 Å². The summed E-state index contributed by atoms with van der Waals surface area (Å²) >= 11 is 0. The summed E-state index contributed by atoms with van der Waals surface area (Å²) in [6.45, 7) is 2.06. The van der Waals surface area contributed by atoms with E-state index >= 15 is 0 Å². The van der Waals surface area contributed by atoms with Gasteiger partial charge in [-0.05, 0) is 37.6 Å². The van der Waals surface area contributed by atoms with Crippen LogP contribution in [0.1, 0.15) is 22.8 Å². The van der Waals surface area contributed by atoms with Crippen LogP contribution in [0, 0.1) is 6.92 Å². The molecule has 4 rings (SSSR count). The number of ketones is 1. The zero-order valence-corrected chi connectivity index (χ0v) is 20.0. The van der Waals surface area contributed by atoms with Gasteiger partial charge in [0.1, 0.15) is 60.0 Å². The maximum absolute atomic E-state index is 12.1. The smallest absolute Gasteiger partial charge is 0.229 e. The summed E-state index contributed by atoms with van der Waals surface area (Å²) in [4.78, 5) is 12.1. The molecule has 9 atom stereocenters. The number of aryl methyl sites for hydroxylation is 1. The van der Waals surface area contributed by atoms with Gasteiger partial charge in [-0.3, -0.25) is 4.79 Å². The second kappa shape index (κ2) is 10.6. The van der Waals surface area contributed by atoms with E-state index in [-0.39, 0.29) is 34.4 Å². The summed E-state index contributed by atoms with van der Waals surface area (Å²) in [5.74, 6) is -1.19. The minimum atomic E-state index is -1.76. The highest BCUT2D eigenvalue weighted by Gasteiger charge is 2.46. The number of fused-ring (bicyclic) bond motifs is 1. The monoisotopic (exact) mass is 526 g/mol. The first-order valence-electron chi connectivity index (χ1n) is 11.5. The number of benzene rings is 2. The van der Waals surface area contributed by atoms with Crippen LogP contribution < -0.4 is 4.74 Å². The molecule has 13 heteroatoms. The Hall–Kier alpha value is -2.59. The third-order valence-corrected chi connectivity index (χ3v) is 6.56. The molecule has 2 aliphatic rings. The Morgan fingerprint density at radius 3 is 2.32 bits per heavy atom. The molecule has 8 N–H and O–H groups in total. The molecule has 2 heterocycles. The summed E-state index contributed by atoms with van der Waals surface area (Å²) in [6.07, 6.45) is -13.9. The minimum absolute atomic E-state index is 0.00754. The number of carbonyl (C=O) groups is 1. The topological polar surface area (TPSA) is 216 Å². The third kappa shape index (κ3) is 5.10. The summed E-state index contributed by atoms with van der Waals surface area (Å²) in [7, 11) is 0. The van der Waals surface area contributed by atoms with Crippen molar-refractivity contribution in [3.8, 4) is 17.2 Å². The van der Waals surface area contributed by atoms with Crippen LogP contribution >= 0.6 is 0 Å². The van der Waals surface area contributed by atoms with Crippen LogP contribution in [-0.4, -0.2) is 115 Å². The van der Waals surface area contributed by atoms with E-state index in [4.69, 9.17) is 18.9 Å². The molecular formula is C24H30O13. The maximum atomic E-state index is 12.1. The summed E-state index contributed by atoms with van der Waals surface area (Å²) < 4.78 is 21.9. The molecule has 0 bridgehead atoms. The normalized spacial score (nSPS) is 34.4. The molecule has 0 spiro atoms. The highest BCUT2D eigenvalue weighted by Crippen LogP contribution is 2.43. The standard InChI is InChI=1S/C24H30O13/c1-8-5-10-11(26)3-4-13(16(10)19(30)15(8)9(2)25)36-24-22(33)20(31)18(29)14(37-24)7-35-23-21(32)17(28)12(27)6-34-23/h3-5,12,14,17-18,20-24,26-33H,6-7H2,1-2H3/t12-,14+,17-,18-,20-,21+,22+,23+,24-/m0/s1. The number of phenols is 2. The number of phenolic OH excluding ortho intramolecular Hbond substituents is 2.